The Morgan fingerprint density at radius 2 is 1.93 bits per heavy atom. The number of benzene rings is 1. The van der Waals surface area contributed by atoms with Crippen molar-refractivity contribution in [3.05, 3.63) is 23.8 Å². The van der Waals surface area contributed by atoms with Crippen molar-refractivity contribution in [1.82, 2.24) is 5.32 Å². The van der Waals surface area contributed by atoms with Crippen molar-refractivity contribution < 1.29 is 19.0 Å². The average molecular weight is 427 g/mol. The molecule has 2 saturated carbocycles. The average Bonchev–Trinajstić information content (AvgIpc) is 3.19. The molecular weight excluding hydrogens is 392 g/mol. The lowest BCUT2D eigenvalue weighted by Gasteiger charge is -2.57. The summed E-state index contributed by atoms with van der Waals surface area (Å²) in [5.74, 6) is 1.32. The highest BCUT2D eigenvalue weighted by Crippen LogP contribution is 2.49. The van der Waals surface area contributed by atoms with Gasteiger partial charge in [-0.3, -0.25) is 4.79 Å². The van der Waals surface area contributed by atoms with E-state index < -0.39 is 11.0 Å². The van der Waals surface area contributed by atoms with E-state index in [-0.39, 0.29) is 30.5 Å². The first-order valence-electron chi connectivity index (χ1n) is 10.3. The summed E-state index contributed by atoms with van der Waals surface area (Å²) in [6.07, 6.45) is 5.38. The van der Waals surface area contributed by atoms with Gasteiger partial charge < -0.3 is 25.3 Å². The molecule has 7 heteroatoms. The quantitative estimate of drug-likeness (QED) is 0.663. The molecule has 29 heavy (non-hydrogen) atoms. The van der Waals surface area contributed by atoms with E-state index in [0.29, 0.717) is 19.6 Å². The zero-order valence-corrected chi connectivity index (χ0v) is 18.8. The van der Waals surface area contributed by atoms with Crippen LogP contribution in [0, 0.1) is 5.41 Å². The zero-order chi connectivity index (χ0) is 20.4. The summed E-state index contributed by atoms with van der Waals surface area (Å²) in [6, 6.07) is 5.79. The number of amides is 1. The SMILES string of the molecule is CCOC1CC(N)(C(=O)NCc2ccc(OC)c(OC3CCCC3)c2)C1(C)C.Cl. The standard InChI is InChI=1S/C22H34N2O4.ClH/c1-5-27-19-13-22(23,21(19,2)3)20(25)24-14-15-10-11-17(26-4)18(12-15)28-16-8-6-7-9-16;/h10-12,16,19H,5-9,13-14,23H2,1-4H3,(H,24,25);1H. The normalized spacial score (nSPS) is 25.6. The first-order chi connectivity index (χ1) is 13.3. The Kier molecular flexibility index (Phi) is 7.82. The van der Waals surface area contributed by atoms with Gasteiger partial charge in [0.15, 0.2) is 11.5 Å². The summed E-state index contributed by atoms with van der Waals surface area (Å²) in [7, 11) is 1.64. The first-order valence-corrected chi connectivity index (χ1v) is 10.3. The molecule has 2 atom stereocenters. The van der Waals surface area contributed by atoms with Crippen molar-refractivity contribution in [2.45, 2.75) is 77.2 Å². The number of nitrogens with two attached hydrogens (primary N) is 1. The van der Waals surface area contributed by atoms with Crippen molar-refractivity contribution in [3.8, 4) is 11.5 Å². The molecule has 6 nitrogen and oxygen atoms in total. The van der Waals surface area contributed by atoms with Gasteiger partial charge in [0.1, 0.15) is 5.54 Å². The Balaban J connectivity index is 0.00000300. The van der Waals surface area contributed by atoms with Crippen molar-refractivity contribution in [3.63, 3.8) is 0 Å². The minimum atomic E-state index is -0.914. The second kappa shape index (κ2) is 9.54. The molecule has 2 fully saturated rings. The van der Waals surface area contributed by atoms with Gasteiger partial charge >= 0.3 is 0 Å². The van der Waals surface area contributed by atoms with Gasteiger partial charge in [0.25, 0.3) is 0 Å². The monoisotopic (exact) mass is 426 g/mol. The van der Waals surface area contributed by atoms with Crippen molar-refractivity contribution in [2.75, 3.05) is 13.7 Å². The molecule has 1 amide bonds. The van der Waals surface area contributed by atoms with Crippen LogP contribution in [0.1, 0.15) is 58.4 Å². The summed E-state index contributed by atoms with van der Waals surface area (Å²) in [5, 5.41) is 3.00. The van der Waals surface area contributed by atoms with Gasteiger partial charge in [-0.05, 0) is 50.3 Å². The van der Waals surface area contributed by atoms with Gasteiger partial charge in [-0.25, -0.2) is 0 Å². The van der Waals surface area contributed by atoms with E-state index in [0.717, 1.165) is 29.9 Å². The van der Waals surface area contributed by atoms with Crippen LogP contribution < -0.4 is 20.5 Å². The molecule has 0 radical (unpaired) electrons. The van der Waals surface area contributed by atoms with Gasteiger partial charge in [0, 0.05) is 25.0 Å². The van der Waals surface area contributed by atoms with E-state index in [2.05, 4.69) is 5.32 Å². The molecule has 0 bridgehead atoms. The number of halogens is 1. The Bertz CT molecular complexity index is 706. The molecule has 0 spiro atoms. The summed E-state index contributed by atoms with van der Waals surface area (Å²) < 4.78 is 17.3. The molecule has 0 saturated heterocycles. The maximum absolute atomic E-state index is 12.8. The van der Waals surface area contributed by atoms with E-state index in [1.807, 2.05) is 39.0 Å². The largest absolute Gasteiger partial charge is 0.493 e. The summed E-state index contributed by atoms with van der Waals surface area (Å²) >= 11 is 0. The van der Waals surface area contributed by atoms with Crippen molar-refractivity contribution in [2.24, 2.45) is 11.1 Å². The molecule has 3 rings (SSSR count). The fraction of sp³-hybridized carbons (Fsp3) is 0.682. The zero-order valence-electron chi connectivity index (χ0n) is 18.0. The van der Waals surface area contributed by atoms with Gasteiger partial charge in [0.2, 0.25) is 5.91 Å². The lowest BCUT2D eigenvalue weighted by atomic mass is 9.54. The van der Waals surface area contributed by atoms with E-state index in [1.165, 1.54) is 12.8 Å². The number of carbonyl (C=O) groups excluding carboxylic acids is 1. The number of nitrogens with one attached hydrogen (secondary N) is 1. The summed E-state index contributed by atoms with van der Waals surface area (Å²) in [4.78, 5) is 12.8. The molecule has 0 heterocycles. The maximum Gasteiger partial charge on any atom is 0.241 e. The number of ether oxygens (including phenoxy) is 3. The second-order valence-corrected chi connectivity index (χ2v) is 8.53. The summed E-state index contributed by atoms with van der Waals surface area (Å²) in [5.41, 5.74) is 6.11. The van der Waals surface area contributed by atoms with Crippen LogP contribution in [0.2, 0.25) is 0 Å². The van der Waals surface area contributed by atoms with E-state index in [9.17, 15) is 4.79 Å². The van der Waals surface area contributed by atoms with Crippen LogP contribution >= 0.6 is 12.4 Å². The Hall–Kier alpha value is -1.50. The minimum Gasteiger partial charge on any atom is -0.493 e. The maximum atomic E-state index is 12.8. The molecule has 3 N–H and O–H groups in total. The Morgan fingerprint density at radius 1 is 1.24 bits per heavy atom. The lowest BCUT2D eigenvalue weighted by molar-refractivity contribution is -0.170. The molecule has 1 aromatic rings. The number of hydrogen-bond acceptors (Lipinski definition) is 5. The van der Waals surface area contributed by atoms with Crippen LogP contribution in [0.4, 0.5) is 0 Å². The third kappa shape index (κ3) is 4.65. The minimum absolute atomic E-state index is 0. The van der Waals surface area contributed by atoms with Crippen LogP contribution in [-0.4, -0.2) is 37.4 Å². The molecule has 2 aliphatic carbocycles. The van der Waals surface area contributed by atoms with Crippen LogP contribution in [0.3, 0.4) is 0 Å². The van der Waals surface area contributed by atoms with E-state index in [1.54, 1.807) is 7.11 Å². The number of carbonyl (C=O) groups is 1. The molecule has 2 aliphatic rings. The highest BCUT2D eigenvalue weighted by molar-refractivity contribution is 5.88. The predicted molar refractivity (Wildman–Crippen MR) is 116 cm³/mol. The second-order valence-electron chi connectivity index (χ2n) is 8.53. The van der Waals surface area contributed by atoms with Gasteiger partial charge in [-0.1, -0.05) is 19.9 Å². The number of methoxy groups -OCH3 is 1. The van der Waals surface area contributed by atoms with Crippen molar-refractivity contribution in [1.29, 1.82) is 0 Å². The number of hydrogen-bond donors (Lipinski definition) is 2. The van der Waals surface area contributed by atoms with Gasteiger partial charge in [-0.2, -0.15) is 0 Å². The first kappa shape index (κ1) is 23.8. The fourth-order valence-corrected chi connectivity index (χ4v) is 4.27. The van der Waals surface area contributed by atoms with Crippen molar-refractivity contribution >= 4 is 18.3 Å². The van der Waals surface area contributed by atoms with E-state index in [4.69, 9.17) is 19.9 Å². The van der Waals surface area contributed by atoms with Crippen LogP contribution in [0.25, 0.3) is 0 Å². The molecule has 1 aromatic carbocycles. The van der Waals surface area contributed by atoms with Gasteiger partial charge in [-0.15, -0.1) is 12.4 Å². The highest BCUT2D eigenvalue weighted by Gasteiger charge is 2.62. The topological polar surface area (TPSA) is 82.8 Å². The van der Waals surface area contributed by atoms with Crippen LogP contribution in [0.15, 0.2) is 18.2 Å². The highest BCUT2D eigenvalue weighted by atomic mass is 35.5. The Morgan fingerprint density at radius 3 is 2.52 bits per heavy atom. The molecule has 0 aliphatic heterocycles. The third-order valence-corrected chi connectivity index (χ3v) is 6.51. The smallest absolute Gasteiger partial charge is 0.241 e. The number of rotatable bonds is 8. The lowest BCUT2D eigenvalue weighted by Crippen LogP contribution is -2.75. The van der Waals surface area contributed by atoms with Crippen LogP contribution in [0.5, 0.6) is 11.5 Å². The van der Waals surface area contributed by atoms with Gasteiger partial charge in [0.05, 0.1) is 19.3 Å². The summed E-state index contributed by atoms with van der Waals surface area (Å²) in [6.45, 7) is 6.98. The van der Waals surface area contributed by atoms with E-state index >= 15 is 0 Å². The fourth-order valence-electron chi connectivity index (χ4n) is 4.27. The molecule has 2 unspecified atom stereocenters. The Labute approximate surface area is 180 Å². The van der Waals surface area contributed by atoms with Crippen LogP contribution in [-0.2, 0) is 16.1 Å². The molecular formula is C22H35ClN2O4. The molecule has 164 valence electrons. The molecule has 0 aromatic heterocycles. The predicted octanol–water partition coefficient (Wildman–Crippen LogP) is 3.59. The third-order valence-electron chi connectivity index (χ3n) is 6.51.